The number of rotatable bonds is 10. The molecule has 0 unspecified atom stereocenters. The number of morpholine rings is 1. The molecule has 2 aromatic heterocycles. The van der Waals surface area contributed by atoms with Gasteiger partial charge in [-0.15, -0.1) is 11.3 Å². The molecule has 0 saturated carbocycles. The number of aromatic nitrogens is 2. The number of thiazole rings is 1. The number of amides is 1. The third kappa shape index (κ3) is 5.68. The second-order valence-electron chi connectivity index (χ2n) is 8.51. The lowest BCUT2D eigenvalue weighted by Gasteiger charge is -2.27. The fourth-order valence-corrected chi connectivity index (χ4v) is 4.99. The van der Waals surface area contributed by atoms with Crippen molar-refractivity contribution in [3.8, 4) is 27.7 Å². The summed E-state index contributed by atoms with van der Waals surface area (Å²) in [4.78, 5) is 20.3. The van der Waals surface area contributed by atoms with Crippen LogP contribution in [0.3, 0.4) is 0 Å². The van der Waals surface area contributed by atoms with E-state index in [0.29, 0.717) is 6.54 Å². The molecule has 0 spiro atoms. The maximum atomic E-state index is 12.9. The Hall–Kier alpha value is -2.68. The molecule has 1 aliphatic rings. The van der Waals surface area contributed by atoms with Gasteiger partial charge >= 0.3 is 0 Å². The van der Waals surface area contributed by atoms with Gasteiger partial charge in [0.1, 0.15) is 10.8 Å². The van der Waals surface area contributed by atoms with Gasteiger partial charge in [0.25, 0.3) is 5.91 Å². The predicted molar refractivity (Wildman–Crippen MR) is 137 cm³/mol. The van der Waals surface area contributed by atoms with Crippen molar-refractivity contribution < 1.29 is 14.3 Å². The first kappa shape index (κ1) is 24.4. The van der Waals surface area contributed by atoms with E-state index in [-0.39, 0.29) is 5.91 Å². The molecule has 1 fully saturated rings. The first-order chi connectivity index (χ1) is 16.6. The van der Waals surface area contributed by atoms with E-state index in [1.54, 1.807) is 18.4 Å². The number of benzene rings is 1. The maximum absolute atomic E-state index is 12.9. The summed E-state index contributed by atoms with van der Waals surface area (Å²) in [7, 11) is 1.67. The number of methoxy groups -OCH3 is 1. The average Bonchev–Trinajstić information content (AvgIpc) is 3.48. The molecule has 0 aliphatic carbocycles. The summed E-state index contributed by atoms with van der Waals surface area (Å²) in [5, 5.41) is 6.10. The number of hydrogen-bond donors (Lipinski definition) is 1. The number of nitrogens with one attached hydrogen (secondary N) is 1. The Bertz CT molecular complexity index is 1080. The van der Waals surface area contributed by atoms with E-state index in [1.165, 1.54) is 0 Å². The van der Waals surface area contributed by atoms with E-state index < -0.39 is 0 Å². The maximum Gasteiger partial charge on any atom is 0.253 e. The van der Waals surface area contributed by atoms with Crippen LogP contribution < -0.4 is 10.1 Å². The van der Waals surface area contributed by atoms with Crippen LogP contribution in [0.2, 0.25) is 0 Å². The van der Waals surface area contributed by atoms with Crippen LogP contribution >= 0.6 is 11.3 Å². The molecule has 34 heavy (non-hydrogen) atoms. The molecule has 7 nitrogen and oxygen atoms in total. The van der Waals surface area contributed by atoms with Crippen molar-refractivity contribution in [1.29, 1.82) is 0 Å². The monoisotopic (exact) mass is 482 g/mol. The Morgan fingerprint density at radius 1 is 1.21 bits per heavy atom. The summed E-state index contributed by atoms with van der Waals surface area (Å²) in [5.74, 6) is 0.815. The lowest BCUT2D eigenvalue weighted by atomic mass is 10.2. The first-order valence-corrected chi connectivity index (χ1v) is 12.9. The Morgan fingerprint density at radius 2 is 1.97 bits per heavy atom. The molecule has 3 aromatic rings. The normalized spacial score (nSPS) is 14.3. The Balaban J connectivity index is 1.61. The highest BCUT2D eigenvalue weighted by Crippen LogP contribution is 2.32. The predicted octanol–water partition coefficient (Wildman–Crippen LogP) is 4.46. The van der Waals surface area contributed by atoms with Crippen molar-refractivity contribution in [1.82, 2.24) is 19.8 Å². The summed E-state index contributed by atoms with van der Waals surface area (Å²) in [6, 6.07) is 9.95. The summed E-state index contributed by atoms with van der Waals surface area (Å²) >= 11 is 1.61. The van der Waals surface area contributed by atoms with Gasteiger partial charge < -0.3 is 19.4 Å². The van der Waals surface area contributed by atoms with Crippen molar-refractivity contribution in [3.63, 3.8) is 0 Å². The van der Waals surface area contributed by atoms with Crippen LogP contribution in [0.25, 0.3) is 22.0 Å². The van der Waals surface area contributed by atoms with E-state index in [4.69, 9.17) is 14.5 Å². The molecule has 182 valence electrons. The first-order valence-electron chi connectivity index (χ1n) is 12.0. The van der Waals surface area contributed by atoms with Crippen LogP contribution in [0.15, 0.2) is 35.7 Å². The number of hydrogen-bond acceptors (Lipinski definition) is 6. The van der Waals surface area contributed by atoms with Gasteiger partial charge in [0.2, 0.25) is 0 Å². The number of nitrogens with zero attached hydrogens (tertiary/aromatic N) is 3. The zero-order valence-electron chi connectivity index (χ0n) is 20.3. The standard InChI is InChI=1S/C26H34N4O3S/c1-4-5-10-27-25(31)22-17-24(30(19(22)2)12-11-29-13-15-33-16-14-29)23-18-34-26(28-23)20-6-8-21(32-3)9-7-20/h6-9,17-18H,4-5,10-16H2,1-3H3,(H,27,31). The summed E-state index contributed by atoms with van der Waals surface area (Å²) in [6.07, 6.45) is 2.03. The SMILES string of the molecule is CCCCNC(=O)c1cc(-c2csc(-c3ccc(OC)cc3)n2)n(CCN2CCOCC2)c1C. The molecule has 3 heterocycles. The zero-order chi connectivity index (χ0) is 23.9. The van der Waals surface area contributed by atoms with Crippen molar-refractivity contribution in [2.24, 2.45) is 0 Å². The fourth-order valence-electron chi connectivity index (χ4n) is 4.17. The quantitative estimate of drug-likeness (QED) is 0.432. The number of carbonyl (C=O) groups is 1. The topological polar surface area (TPSA) is 68.6 Å². The number of unbranched alkanes of at least 4 members (excludes halogenated alkanes) is 1. The fraction of sp³-hybridized carbons (Fsp3) is 0.462. The van der Waals surface area contributed by atoms with E-state index >= 15 is 0 Å². The van der Waals surface area contributed by atoms with Crippen molar-refractivity contribution >= 4 is 17.2 Å². The van der Waals surface area contributed by atoms with Crippen molar-refractivity contribution in [2.45, 2.75) is 33.2 Å². The Morgan fingerprint density at radius 3 is 2.68 bits per heavy atom. The Labute approximate surface area is 205 Å². The molecule has 0 radical (unpaired) electrons. The van der Waals surface area contributed by atoms with Gasteiger partial charge in [-0.05, 0) is 43.7 Å². The molecule has 1 aromatic carbocycles. The molecular weight excluding hydrogens is 448 g/mol. The molecular formula is C26H34N4O3S. The highest BCUT2D eigenvalue weighted by atomic mass is 32.1. The van der Waals surface area contributed by atoms with Crippen molar-refractivity contribution in [2.75, 3.05) is 46.5 Å². The van der Waals surface area contributed by atoms with Gasteiger partial charge in [0.15, 0.2) is 0 Å². The van der Waals surface area contributed by atoms with Gasteiger partial charge in [-0.2, -0.15) is 0 Å². The lowest BCUT2D eigenvalue weighted by molar-refractivity contribution is 0.0364. The molecule has 1 N–H and O–H groups in total. The van der Waals surface area contributed by atoms with E-state index in [1.807, 2.05) is 37.3 Å². The van der Waals surface area contributed by atoms with Crippen LogP contribution in [0.1, 0.15) is 35.8 Å². The minimum absolute atomic E-state index is 0.0112. The molecule has 0 atom stereocenters. The molecule has 4 rings (SSSR count). The number of ether oxygens (including phenoxy) is 2. The van der Waals surface area contributed by atoms with Crippen LogP contribution in [-0.4, -0.2) is 66.9 Å². The van der Waals surface area contributed by atoms with Gasteiger partial charge in [-0.3, -0.25) is 9.69 Å². The highest BCUT2D eigenvalue weighted by Gasteiger charge is 2.21. The molecule has 0 bridgehead atoms. The van der Waals surface area contributed by atoms with Gasteiger partial charge in [0, 0.05) is 49.4 Å². The van der Waals surface area contributed by atoms with E-state index in [0.717, 1.165) is 91.2 Å². The third-order valence-corrected chi connectivity index (χ3v) is 7.17. The molecule has 1 aliphatic heterocycles. The van der Waals surface area contributed by atoms with Gasteiger partial charge in [-0.1, -0.05) is 13.3 Å². The van der Waals surface area contributed by atoms with Gasteiger partial charge in [0.05, 0.1) is 37.3 Å². The van der Waals surface area contributed by atoms with Crippen LogP contribution in [0, 0.1) is 6.92 Å². The smallest absolute Gasteiger partial charge is 0.253 e. The summed E-state index contributed by atoms with van der Waals surface area (Å²) < 4.78 is 13.0. The third-order valence-electron chi connectivity index (χ3n) is 6.27. The van der Waals surface area contributed by atoms with Crippen molar-refractivity contribution in [3.05, 3.63) is 47.0 Å². The largest absolute Gasteiger partial charge is 0.497 e. The van der Waals surface area contributed by atoms with Gasteiger partial charge in [-0.25, -0.2) is 4.98 Å². The second-order valence-corrected chi connectivity index (χ2v) is 9.37. The minimum Gasteiger partial charge on any atom is -0.497 e. The van der Waals surface area contributed by atoms with E-state index in [2.05, 4.69) is 27.1 Å². The minimum atomic E-state index is -0.0112. The summed E-state index contributed by atoms with van der Waals surface area (Å²) in [6.45, 7) is 10.0. The second kappa shape index (κ2) is 11.6. The Kier molecular flexibility index (Phi) is 8.37. The lowest BCUT2D eigenvalue weighted by Crippen LogP contribution is -2.38. The molecule has 8 heteroatoms. The van der Waals surface area contributed by atoms with Crippen LogP contribution in [0.4, 0.5) is 0 Å². The summed E-state index contributed by atoms with van der Waals surface area (Å²) in [5.41, 5.74) is 4.65. The molecule has 1 saturated heterocycles. The number of carbonyl (C=O) groups excluding carboxylic acids is 1. The average molecular weight is 483 g/mol. The highest BCUT2D eigenvalue weighted by molar-refractivity contribution is 7.13. The zero-order valence-corrected chi connectivity index (χ0v) is 21.1. The van der Waals surface area contributed by atoms with E-state index in [9.17, 15) is 4.79 Å². The van der Waals surface area contributed by atoms with Crippen LogP contribution in [0.5, 0.6) is 5.75 Å². The van der Waals surface area contributed by atoms with Crippen LogP contribution in [-0.2, 0) is 11.3 Å². The molecule has 1 amide bonds.